The van der Waals surface area contributed by atoms with Gasteiger partial charge in [0.2, 0.25) is 0 Å². The van der Waals surface area contributed by atoms with E-state index >= 15 is 0 Å². The summed E-state index contributed by atoms with van der Waals surface area (Å²) in [6.45, 7) is 6.47. The van der Waals surface area contributed by atoms with Crippen LogP contribution in [0.25, 0.3) is 0 Å². The molecule has 0 saturated heterocycles. The number of carbonyl (C=O) groups is 1. The molecule has 0 radical (unpaired) electrons. The summed E-state index contributed by atoms with van der Waals surface area (Å²) in [7, 11) is 0. The summed E-state index contributed by atoms with van der Waals surface area (Å²) < 4.78 is 19.6. The molecule has 1 aliphatic carbocycles. The van der Waals surface area contributed by atoms with Crippen LogP contribution in [0.1, 0.15) is 46.5 Å². The summed E-state index contributed by atoms with van der Waals surface area (Å²) in [6, 6.07) is 2.19. The predicted octanol–water partition coefficient (Wildman–Crippen LogP) is 3.14. The highest BCUT2D eigenvalue weighted by Gasteiger charge is 2.31. The second-order valence-corrected chi connectivity index (χ2v) is 7.14. The number of esters is 1. The van der Waals surface area contributed by atoms with Crippen molar-refractivity contribution < 1.29 is 13.9 Å². The van der Waals surface area contributed by atoms with Crippen LogP contribution >= 0.6 is 0 Å². The highest BCUT2D eigenvalue weighted by atomic mass is 19.1. The Bertz CT molecular complexity index is 580. The van der Waals surface area contributed by atoms with E-state index in [9.17, 15) is 14.0 Å². The van der Waals surface area contributed by atoms with E-state index < -0.39 is 17.3 Å². The number of nitrogens with zero attached hydrogens (tertiary/aromatic N) is 1. The maximum absolute atomic E-state index is 13.1. The molecule has 1 aromatic heterocycles. The van der Waals surface area contributed by atoms with Crippen molar-refractivity contribution in [3.8, 4) is 0 Å². The van der Waals surface area contributed by atoms with Crippen molar-refractivity contribution in [2.45, 2.75) is 59.1 Å². The lowest BCUT2D eigenvalue weighted by Crippen LogP contribution is -2.32. The Balaban J connectivity index is 1.86. The van der Waals surface area contributed by atoms with E-state index in [1.165, 1.54) is 0 Å². The minimum Gasteiger partial charge on any atom is -0.461 e. The van der Waals surface area contributed by atoms with Gasteiger partial charge in [-0.15, -0.1) is 0 Å². The van der Waals surface area contributed by atoms with Crippen molar-refractivity contribution in [1.29, 1.82) is 0 Å². The summed E-state index contributed by atoms with van der Waals surface area (Å²) in [5, 5.41) is 0. The summed E-state index contributed by atoms with van der Waals surface area (Å²) in [5.41, 5.74) is -0.126. The molecule has 0 aliphatic heterocycles. The van der Waals surface area contributed by atoms with Gasteiger partial charge >= 0.3 is 5.97 Å². The number of ether oxygens (including phenoxy) is 1. The fraction of sp³-hybridized carbons (Fsp3) is 0.647. The molecule has 0 atom stereocenters. The zero-order valence-corrected chi connectivity index (χ0v) is 13.5. The minimum atomic E-state index is -0.543. The second-order valence-electron chi connectivity index (χ2n) is 7.14. The minimum absolute atomic E-state index is 0.0876. The quantitative estimate of drug-likeness (QED) is 0.806. The van der Waals surface area contributed by atoms with Crippen molar-refractivity contribution >= 4 is 5.97 Å². The number of hydrogen-bond acceptors (Lipinski definition) is 3. The maximum Gasteiger partial charge on any atom is 0.326 e. The summed E-state index contributed by atoms with van der Waals surface area (Å²) >= 11 is 0. The molecular weight excluding hydrogens is 285 g/mol. The molecular formula is C17H24FNO3. The Morgan fingerprint density at radius 1 is 1.27 bits per heavy atom. The van der Waals surface area contributed by atoms with Gasteiger partial charge in [-0.3, -0.25) is 9.59 Å². The SMILES string of the molecule is CC(C)(C)C1CCC(OC(=O)Cn2cc(F)ccc2=O)CC1. The van der Waals surface area contributed by atoms with Gasteiger partial charge in [0, 0.05) is 12.3 Å². The van der Waals surface area contributed by atoms with E-state index in [-0.39, 0.29) is 18.1 Å². The van der Waals surface area contributed by atoms with Gasteiger partial charge in [-0.1, -0.05) is 20.8 Å². The smallest absolute Gasteiger partial charge is 0.326 e. The van der Waals surface area contributed by atoms with E-state index in [1.54, 1.807) is 0 Å². The van der Waals surface area contributed by atoms with E-state index in [2.05, 4.69) is 20.8 Å². The Kier molecular flexibility index (Phi) is 5.04. The highest BCUT2D eigenvalue weighted by Crippen LogP contribution is 2.38. The molecule has 0 spiro atoms. The highest BCUT2D eigenvalue weighted by molar-refractivity contribution is 5.69. The molecule has 4 nitrogen and oxygen atoms in total. The van der Waals surface area contributed by atoms with Crippen LogP contribution in [0.15, 0.2) is 23.1 Å². The number of pyridine rings is 1. The number of carbonyl (C=O) groups excluding carboxylic acids is 1. The molecule has 122 valence electrons. The fourth-order valence-corrected chi connectivity index (χ4v) is 3.03. The van der Waals surface area contributed by atoms with Crippen LogP contribution < -0.4 is 5.56 Å². The molecule has 1 aliphatic rings. The number of halogens is 1. The Morgan fingerprint density at radius 2 is 1.91 bits per heavy atom. The van der Waals surface area contributed by atoms with Crippen LogP contribution in [0.2, 0.25) is 0 Å². The van der Waals surface area contributed by atoms with Gasteiger partial charge in [-0.05, 0) is 43.1 Å². The van der Waals surface area contributed by atoms with Crippen LogP contribution in [-0.2, 0) is 16.1 Å². The number of hydrogen-bond donors (Lipinski definition) is 0. The molecule has 0 amide bonds. The molecule has 1 fully saturated rings. The van der Waals surface area contributed by atoms with Crippen LogP contribution in [0.3, 0.4) is 0 Å². The van der Waals surface area contributed by atoms with Gasteiger partial charge < -0.3 is 9.30 Å². The third kappa shape index (κ3) is 4.42. The molecule has 0 N–H and O–H groups in total. The molecule has 22 heavy (non-hydrogen) atoms. The van der Waals surface area contributed by atoms with E-state index in [0.717, 1.165) is 48.6 Å². The third-order valence-corrected chi connectivity index (χ3v) is 4.44. The Labute approximate surface area is 130 Å². The monoisotopic (exact) mass is 309 g/mol. The van der Waals surface area contributed by atoms with E-state index in [1.807, 2.05) is 0 Å². The lowest BCUT2D eigenvalue weighted by Gasteiger charge is -2.36. The van der Waals surface area contributed by atoms with Crippen molar-refractivity contribution in [2.24, 2.45) is 11.3 Å². The first-order valence-electron chi connectivity index (χ1n) is 7.81. The summed E-state index contributed by atoms with van der Waals surface area (Å²) in [6.07, 6.45) is 4.73. The molecule has 2 rings (SSSR count). The van der Waals surface area contributed by atoms with Crippen molar-refractivity contribution in [3.05, 3.63) is 34.5 Å². The average Bonchev–Trinajstić information content (AvgIpc) is 2.42. The third-order valence-electron chi connectivity index (χ3n) is 4.44. The summed E-state index contributed by atoms with van der Waals surface area (Å²) in [5.74, 6) is -0.377. The van der Waals surface area contributed by atoms with Gasteiger partial charge in [0.05, 0.1) is 0 Å². The number of rotatable bonds is 3. The normalized spacial score (nSPS) is 22.4. The molecule has 0 aromatic carbocycles. The largest absolute Gasteiger partial charge is 0.461 e. The van der Waals surface area contributed by atoms with Crippen molar-refractivity contribution in [3.63, 3.8) is 0 Å². The average molecular weight is 309 g/mol. The van der Waals surface area contributed by atoms with Gasteiger partial charge in [0.25, 0.3) is 5.56 Å². The Hall–Kier alpha value is -1.65. The zero-order chi connectivity index (χ0) is 16.3. The fourth-order valence-electron chi connectivity index (χ4n) is 3.03. The first kappa shape index (κ1) is 16.7. The molecule has 1 aromatic rings. The van der Waals surface area contributed by atoms with Crippen LogP contribution in [0, 0.1) is 17.2 Å². The second kappa shape index (κ2) is 6.63. The van der Waals surface area contributed by atoms with Crippen LogP contribution in [-0.4, -0.2) is 16.6 Å². The van der Waals surface area contributed by atoms with Gasteiger partial charge in [0.15, 0.2) is 0 Å². The lowest BCUT2D eigenvalue weighted by molar-refractivity contribution is -0.152. The summed E-state index contributed by atoms with van der Waals surface area (Å²) in [4.78, 5) is 23.5. The van der Waals surface area contributed by atoms with Crippen molar-refractivity contribution in [2.75, 3.05) is 0 Å². The van der Waals surface area contributed by atoms with E-state index in [0.29, 0.717) is 5.92 Å². The van der Waals surface area contributed by atoms with E-state index in [4.69, 9.17) is 4.74 Å². The first-order valence-corrected chi connectivity index (χ1v) is 7.81. The lowest BCUT2D eigenvalue weighted by atomic mass is 9.72. The molecule has 1 heterocycles. The maximum atomic E-state index is 13.1. The zero-order valence-electron chi connectivity index (χ0n) is 13.5. The molecule has 0 unspecified atom stereocenters. The molecule has 1 saturated carbocycles. The van der Waals surface area contributed by atoms with Crippen LogP contribution in [0.4, 0.5) is 4.39 Å². The molecule has 5 heteroatoms. The predicted molar refractivity (Wildman–Crippen MR) is 82.0 cm³/mol. The van der Waals surface area contributed by atoms with Crippen molar-refractivity contribution in [1.82, 2.24) is 4.57 Å². The van der Waals surface area contributed by atoms with Gasteiger partial charge in [0.1, 0.15) is 18.5 Å². The topological polar surface area (TPSA) is 48.3 Å². The first-order chi connectivity index (χ1) is 10.3. The molecule has 0 bridgehead atoms. The number of aromatic nitrogens is 1. The van der Waals surface area contributed by atoms with Gasteiger partial charge in [-0.2, -0.15) is 0 Å². The van der Waals surface area contributed by atoms with Crippen LogP contribution in [0.5, 0.6) is 0 Å². The Morgan fingerprint density at radius 3 is 2.50 bits per heavy atom. The van der Waals surface area contributed by atoms with Gasteiger partial charge in [-0.25, -0.2) is 4.39 Å². The standard InChI is InChI=1S/C17H24FNO3/c1-17(2,3)12-4-7-14(8-5-12)22-16(21)11-19-10-13(18)6-9-15(19)20/h6,9-10,12,14H,4-5,7-8,11H2,1-3H3.